The van der Waals surface area contributed by atoms with Crippen LogP contribution in [0.1, 0.15) is 76.7 Å². The molecule has 44 heavy (non-hydrogen) atoms. The summed E-state index contributed by atoms with van der Waals surface area (Å²) in [5.41, 5.74) is 4.46. The lowest BCUT2D eigenvalue weighted by Gasteiger charge is -2.54. The van der Waals surface area contributed by atoms with Crippen LogP contribution < -0.4 is 15.9 Å². The third kappa shape index (κ3) is 4.58. The Morgan fingerprint density at radius 2 is 1.55 bits per heavy atom. The predicted octanol–water partition coefficient (Wildman–Crippen LogP) is 7.92. The topological polar surface area (TPSA) is 54.4 Å². The SMILES string of the molecule is CC=CC[C@]1(O)CC[C@H]2[C@@H]3CC=C4CC(=O)CCC4=C3[C@@H](c3ccc(P(=O)(c4ccccc4)c4ccccc4)cc3)C[C@@]21C. The largest absolute Gasteiger partial charge is 0.389 e. The van der Waals surface area contributed by atoms with Crippen LogP contribution in [0.4, 0.5) is 0 Å². The lowest BCUT2D eigenvalue weighted by molar-refractivity contribution is -0.118. The predicted molar refractivity (Wildman–Crippen MR) is 180 cm³/mol. The van der Waals surface area contributed by atoms with E-state index in [-0.39, 0.29) is 11.3 Å². The number of carbonyl (C=O) groups excluding carboxylic acids is 1. The number of rotatable bonds is 6. The molecule has 4 aliphatic carbocycles. The van der Waals surface area contributed by atoms with Crippen molar-refractivity contribution in [3.8, 4) is 0 Å². The van der Waals surface area contributed by atoms with Gasteiger partial charge in [0.2, 0.25) is 0 Å². The molecule has 4 heteroatoms. The summed E-state index contributed by atoms with van der Waals surface area (Å²) in [6, 6.07) is 28.3. The molecule has 3 aromatic rings. The van der Waals surface area contributed by atoms with Gasteiger partial charge in [-0.2, -0.15) is 0 Å². The molecule has 0 amide bonds. The Kier molecular flexibility index (Phi) is 7.54. The summed E-state index contributed by atoms with van der Waals surface area (Å²) in [6.07, 6.45) is 13.0. The smallest absolute Gasteiger partial charge is 0.171 e. The number of fused-ring (bicyclic) bond motifs is 4. The third-order valence-electron chi connectivity index (χ3n) is 11.6. The van der Waals surface area contributed by atoms with Crippen LogP contribution in [-0.4, -0.2) is 16.5 Å². The molecule has 0 unspecified atom stereocenters. The van der Waals surface area contributed by atoms with E-state index in [2.05, 4.69) is 49.4 Å². The first-order valence-electron chi connectivity index (χ1n) is 16.4. The highest BCUT2D eigenvalue weighted by Crippen LogP contribution is 2.67. The standard InChI is InChI=1S/C40H43O3P/c1-3-4-24-40(42)25-23-37-35-21-17-29-26-30(41)18-22-34(29)38(35)36(27-39(37,40)2)28-15-19-33(20-16-28)44(43,31-11-7-5-8-12-31)32-13-9-6-10-14-32/h3-17,19-20,35-37,42H,18,21-27H2,1-2H3/t35-,36+,37-,39-,40-/m0/s1. The Bertz CT molecular complexity index is 1660. The summed E-state index contributed by atoms with van der Waals surface area (Å²) >= 11 is 0. The first kappa shape index (κ1) is 29.5. The van der Waals surface area contributed by atoms with Crippen LogP contribution in [0, 0.1) is 17.3 Å². The summed E-state index contributed by atoms with van der Waals surface area (Å²) in [4.78, 5) is 12.5. The molecule has 3 fully saturated rings. The lowest BCUT2D eigenvalue weighted by atomic mass is 9.51. The second-order valence-corrected chi connectivity index (χ2v) is 16.5. The van der Waals surface area contributed by atoms with Gasteiger partial charge < -0.3 is 9.67 Å². The summed E-state index contributed by atoms with van der Waals surface area (Å²) in [5.74, 6) is 1.30. The van der Waals surface area contributed by atoms with Crippen LogP contribution in [0.2, 0.25) is 0 Å². The number of ketones is 1. The molecule has 0 aromatic heterocycles. The summed E-state index contributed by atoms with van der Waals surface area (Å²) in [6.45, 7) is 4.38. The van der Waals surface area contributed by atoms with Gasteiger partial charge in [-0.3, -0.25) is 4.79 Å². The van der Waals surface area contributed by atoms with Gasteiger partial charge in [0, 0.05) is 40.1 Å². The zero-order chi connectivity index (χ0) is 30.5. The van der Waals surface area contributed by atoms with Crippen molar-refractivity contribution in [2.45, 2.75) is 76.7 Å². The molecule has 4 aliphatic rings. The maximum Gasteiger partial charge on any atom is 0.171 e. The molecule has 0 saturated heterocycles. The number of allylic oxidation sites excluding steroid dienone is 5. The van der Waals surface area contributed by atoms with Crippen molar-refractivity contribution in [1.29, 1.82) is 0 Å². The number of aliphatic hydroxyl groups is 1. The molecule has 0 spiro atoms. The fraction of sp³-hybridized carbons (Fsp3) is 0.375. The molecule has 226 valence electrons. The van der Waals surface area contributed by atoms with Gasteiger partial charge in [0.05, 0.1) is 5.60 Å². The van der Waals surface area contributed by atoms with E-state index in [0.29, 0.717) is 36.9 Å². The molecular formula is C40H43O3P. The highest BCUT2D eigenvalue weighted by molar-refractivity contribution is 7.85. The Hall–Kier alpha value is -3.26. The van der Waals surface area contributed by atoms with Crippen LogP contribution in [0.25, 0.3) is 0 Å². The molecule has 0 aliphatic heterocycles. The molecule has 3 aromatic carbocycles. The Morgan fingerprint density at radius 1 is 0.909 bits per heavy atom. The van der Waals surface area contributed by atoms with Crippen LogP contribution in [0.3, 0.4) is 0 Å². The number of Topliss-reactive ketones (excluding diaryl/α,β-unsaturated/α-hetero) is 1. The fourth-order valence-corrected chi connectivity index (χ4v) is 11.9. The van der Waals surface area contributed by atoms with E-state index in [0.717, 1.165) is 48.0 Å². The first-order valence-corrected chi connectivity index (χ1v) is 18.1. The minimum Gasteiger partial charge on any atom is -0.389 e. The highest BCUT2D eigenvalue weighted by atomic mass is 31.2. The quantitative estimate of drug-likeness (QED) is 0.230. The van der Waals surface area contributed by atoms with E-state index in [1.165, 1.54) is 22.3 Å². The van der Waals surface area contributed by atoms with Gasteiger partial charge in [-0.25, -0.2) is 0 Å². The van der Waals surface area contributed by atoms with Gasteiger partial charge in [-0.05, 0) is 74.0 Å². The van der Waals surface area contributed by atoms with Crippen LogP contribution in [-0.2, 0) is 9.36 Å². The van der Waals surface area contributed by atoms with Crippen LogP contribution in [0.5, 0.6) is 0 Å². The maximum absolute atomic E-state index is 15.1. The van der Waals surface area contributed by atoms with Gasteiger partial charge >= 0.3 is 0 Å². The van der Waals surface area contributed by atoms with Gasteiger partial charge in [-0.15, -0.1) is 0 Å². The van der Waals surface area contributed by atoms with Gasteiger partial charge in [0.1, 0.15) is 5.78 Å². The zero-order valence-electron chi connectivity index (χ0n) is 25.9. The summed E-state index contributed by atoms with van der Waals surface area (Å²) in [7, 11) is -3.07. The van der Waals surface area contributed by atoms with E-state index in [9.17, 15) is 9.90 Å². The Morgan fingerprint density at radius 3 is 2.18 bits per heavy atom. The number of benzene rings is 3. The second kappa shape index (κ2) is 11.3. The molecule has 3 saturated carbocycles. The Balaban J connectivity index is 1.34. The monoisotopic (exact) mass is 602 g/mol. The lowest BCUT2D eigenvalue weighted by Crippen LogP contribution is -2.51. The number of hydrogen-bond donors (Lipinski definition) is 1. The Labute approximate surface area is 262 Å². The van der Waals surface area contributed by atoms with Crippen LogP contribution in [0.15, 0.2) is 120 Å². The van der Waals surface area contributed by atoms with Crippen molar-refractivity contribution in [2.24, 2.45) is 17.3 Å². The average molecular weight is 603 g/mol. The fourth-order valence-electron chi connectivity index (χ4n) is 9.28. The highest BCUT2D eigenvalue weighted by Gasteiger charge is 2.62. The van der Waals surface area contributed by atoms with Gasteiger partial charge in [-0.1, -0.05) is 116 Å². The summed E-state index contributed by atoms with van der Waals surface area (Å²) < 4.78 is 15.1. The zero-order valence-corrected chi connectivity index (χ0v) is 26.8. The van der Waals surface area contributed by atoms with Gasteiger partial charge in [0.15, 0.2) is 7.14 Å². The molecule has 1 N–H and O–H groups in total. The van der Waals surface area contributed by atoms with Crippen molar-refractivity contribution in [1.82, 2.24) is 0 Å². The third-order valence-corrected chi connectivity index (χ3v) is 14.7. The minimum absolute atomic E-state index is 0.158. The first-order chi connectivity index (χ1) is 21.3. The van der Waals surface area contributed by atoms with E-state index in [1.54, 1.807) is 0 Å². The van der Waals surface area contributed by atoms with Crippen molar-refractivity contribution in [3.63, 3.8) is 0 Å². The molecule has 0 radical (unpaired) electrons. The van der Waals surface area contributed by atoms with E-state index in [4.69, 9.17) is 0 Å². The van der Waals surface area contributed by atoms with Gasteiger partial charge in [0.25, 0.3) is 0 Å². The summed E-state index contributed by atoms with van der Waals surface area (Å²) in [5, 5.41) is 14.8. The van der Waals surface area contributed by atoms with Crippen molar-refractivity contribution >= 4 is 28.8 Å². The molecule has 0 bridgehead atoms. The maximum atomic E-state index is 15.1. The van der Waals surface area contributed by atoms with Crippen molar-refractivity contribution in [3.05, 3.63) is 125 Å². The van der Waals surface area contributed by atoms with Crippen molar-refractivity contribution < 1.29 is 14.5 Å². The molecule has 3 nitrogen and oxygen atoms in total. The van der Waals surface area contributed by atoms with Crippen molar-refractivity contribution in [2.75, 3.05) is 0 Å². The van der Waals surface area contributed by atoms with E-state index >= 15 is 4.57 Å². The molecule has 7 rings (SSSR count). The minimum atomic E-state index is -3.07. The molecule has 0 heterocycles. The normalized spacial score (nSPS) is 30.1. The van der Waals surface area contributed by atoms with E-state index in [1.807, 2.05) is 67.6 Å². The van der Waals surface area contributed by atoms with Crippen LogP contribution >= 0.6 is 7.14 Å². The number of hydrogen-bond acceptors (Lipinski definition) is 3. The average Bonchev–Trinajstić information content (AvgIpc) is 3.33. The second-order valence-electron chi connectivity index (χ2n) is 13.7. The molecular weight excluding hydrogens is 559 g/mol. The van der Waals surface area contributed by atoms with E-state index < -0.39 is 12.7 Å². The number of carbonyl (C=O) groups is 1. The molecule has 5 atom stereocenters.